The van der Waals surface area contributed by atoms with Crippen molar-refractivity contribution in [3.63, 3.8) is 0 Å². The average Bonchev–Trinajstić information content (AvgIpc) is 2.72. The summed E-state index contributed by atoms with van der Waals surface area (Å²) in [5.41, 5.74) is 6.05. The van der Waals surface area contributed by atoms with E-state index in [4.69, 9.17) is 10.8 Å². The number of carboxylic acid groups (broad SMARTS) is 1. The van der Waals surface area contributed by atoms with Crippen molar-refractivity contribution in [1.82, 2.24) is 4.98 Å². The van der Waals surface area contributed by atoms with E-state index in [1.165, 1.54) is 17.5 Å². The van der Waals surface area contributed by atoms with Gasteiger partial charge in [0.2, 0.25) is 0 Å². The van der Waals surface area contributed by atoms with Crippen molar-refractivity contribution in [2.45, 2.75) is 0 Å². The van der Waals surface area contributed by atoms with Gasteiger partial charge in [-0.1, -0.05) is 0 Å². The number of hydrogen-bond acceptors (Lipinski definition) is 4. The number of hydrogen-bond donors (Lipinski definition) is 2. The monoisotopic (exact) mass is 316 g/mol. The summed E-state index contributed by atoms with van der Waals surface area (Å²) >= 11 is 4.09. The molecule has 2 rings (SSSR count). The lowest BCUT2D eigenvalue weighted by molar-refractivity contribution is 0.0691. The van der Waals surface area contributed by atoms with Crippen LogP contribution < -0.4 is 5.73 Å². The number of benzene rings is 1. The summed E-state index contributed by atoms with van der Waals surface area (Å²) in [6, 6.07) is 2.86. The molecular formula is C10H6BrFN2O2S. The number of aromatic carboxylic acids is 1. The molecule has 0 bridgehead atoms. The molecule has 0 saturated carbocycles. The lowest BCUT2D eigenvalue weighted by Gasteiger charge is -2.03. The Morgan fingerprint density at radius 1 is 1.53 bits per heavy atom. The third-order valence-corrected chi connectivity index (χ3v) is 3.46. The Morgan fingerprint density at radius 2 is 2.24 bits per heavy atom. The van der Waals surface area contributed by atoms with Crippen molar-refractivity contribution in [1.29, 1.82) is 0 Å². The molecule has 88 valence electrons. The number of aromatic nitrogens is 1. The van der Waals surface area contributed by atoms with E-state index in [1.807, 2.05) is 0 Å². The fourth-order valence-electron chi connectivity index (χ4n) is 1.26. The van der Waals surface area contributed by atoms with Crippen molar-refractivity contribution >= 4 is 38.9 Å². The highest BCUT2D eigenvalue weighted by atomic mass is 79.9. The second kappa shape index (κ2) is 4.42. The molecule has 0 radical (unpaired) electrons. The molecule has 17 heavy (non-hydrogen) atoms. The van der Waals surface area contributed by atoms with Gasteiger partial charge in [-0.3, -0.25) is 0 Å². The van der Waals surface area contributed by atoms with Crippen LogP contribution in [0.2, 0.25) is 0 Å². The number of nitrogens with zero attached hydrogens (tertiary/aromatic N) is 1. The Balaban J connectivity index is 2.56. The van der Waals surface area contributed by atoms with Gasteiger partial charge in [-0.2, -0.15) is 0 Å². The summed E-state index contributed by atoms with van der Waals surface area (Å²) < 4.78 is 14.0. The highest BCUT2D eigenvalue weighted by Gasteiger charge is 2.15. The first-order chi connectivity index (χ1) is 7.99. The second-order valence-electron chi connectivity index (χ2n) is 3.21. The number of rotatable bonds is 2. The van der Waals surface area contributed by atoms with Gasteiger partial charge in [0.15, 0.2) is 5.69 Å². The van der Waals surface area contributed by atoms with Gasteiger partial charge in [-0.05, 0) is 28.1 Å². The summed E-state index contributed by atoms with van der Waals surface area (Å²) in [6.07, 6.45) is 0. The average molecular weight is 317 g/mol. The quantitative estimate of drug-likeness (QED) is 0.835. The number of anilines is 1. The normalized spacial score (nSPS) is 10.5. The minimum absolute atomic E-state index is 0.108. The summed E-state index contributed by atoms with van der Waals surface area (Å²) in [5.74, 6) is -1.65. The zero-order chi connectivity index (χ0) is 12.6. The Morgan fingerprint density at radius 3 is 2.82 bits per heavy atom. The molecule has 0 aliphatic rings. The van der Waals surface area contributed by atoms with E-state index in [0.29, 0.717) is 5.69 Å². The summed E-state index contributed by atoms with van der Waals surface area (Å²) in [6.45, 7) is 0. The largest absolute Gasteiger partial charge is 0.476 e. The highest BCUT2D eigenvalue weighted by molar-refractivity contribution is 9.10. The van der Waals surface area contributed by atoms with Crippen LogP contribution in [0.3, 0.4) is 0 Å². The van der Waals surface area contributed by atoms with E-state index >= 15 is 0 Å². The maximum absolute atomic E-state index is 13.8. The molecule has 0 saturated heterocycles. The highest BCUT2D eigenvalue weighted by Crippen LogP contribution is 2.32. The first kappa shape index (κ1) is 12.0. The van der Waals surface area contributed by atoms with Crippen LogP contribution in [0, 0.1) is 5.82 Å². The molecule has 1 heterocycles. The molecule has 0 amide bonds. The lowest BCUT2D eigenvalue weighted by Crippen LogP contribution is -1.96. The van der Waals surface area contributed by atoms with Crippen LogP contribution in [0.15, 0.2) is 22.0 Å². The molecule has 4 nitrogen and oxygen atoms in total. The molecule has 7 heteroatoms. The minimum Gasteiger partial charge on any atom is -0.476 e. The molecule has 0 unspecified atom stereocenters. The molecule has 0 atom stereocenters. The van der Waals surface area contributed by atoms with Crippen molar-refractivity contribution in [2.24, 2.45) is 0 Å². The number of thiazole rings is 1. The maximum Gasteiger partial charge on any atom is 0.355 e. The number of nitrogens with two attached hydrogens (primary N) is 1. The zero-order valence-corrected chi connectivity index (χ0v) is 10.7. The number of halogens is 2. The summed E-state index contributed by atoms with van der Waals surface area (Å²) in [5, 5.41) is 10.4. The molecule has 2 aromatic rings. The Hall–Kier alpha value is -1.47. The molecule has 1 aromatic heterocycles. The minimum atomic E-state index is -1.14. The fraction of sp³-hybridized carbons (Fsp3) is 0. The van der Waals surface area contributed by atoms with Gasteiger partial charge in [-0.25, -0.2) is 14.2 Å². The fourth-order valence-corrected chi connectivity index (χ4v) is 2.54. The first-order valence-electron chi connectivity index (χ1n) is 4.42. The van der Waals surface area contributed by atoms with E-state index < -0.39 is 11.8 Å². The van der Waals surface area contributed by atoms with Crippen molar-refractivity contribution in [2.75, 3.05) is 5.73 Å². The van der Waals surface area contributed by atoms with Crippen molar-refractivity contribution in [3.8, 4) is 10.6 Å². The van der Waals surface area contributed by atoms with E-state index in [9.17, 15) is 9.18 Å². The predicted molar refractivity (Wildman–Crippen MR) is 66.6 cm³/mol. The van der Waals surface area contributed by atoms with Gasteiger partial charge < -0.3 is 10.8 Å². The Bertz CT molecular complexity index is 600. The van der Waals surface area contributed by atoms with Crippen molar-refractivity contribution in [3.05, 3.63) is 33.5 Å². The zero-order valence-electron chi connectivity index (χ0n) is 8.28. The molecule has 3 N–H and O–H groups in total. The van der Waals surface area contributed by atoms with Gasteiger partial charge >= 0.3 is 5.97 Å². The first-order valence-corrected chi connectivity index (χ1v) is 6.10. The van der Waals surface area contributed by atoms with Crippen LogP contribution in [0.25, 0.3) is 10.6 Å². The maximum atomic E-state index is 13.8. The Labute approximate surface area is 108 Å². The van der Waals surface area contributed by atoms with Gasteiger partial charge in [-0.15, -0.1) is 11.3 Å². The van der Waals surface area contributed by atoms with Gasteiger partial charge in [0.1, 0.15) is 10.8 Å². The van der Waals surface area contributed by atoms with E-state index in [2.05, 4.69) is 20.9 Å². The number of nitrogen functional groups attached to an aromatic ring is 1. The van der Waals surface area contributed by atoms with Crippen molar-refractivity contribution < 1.29 is 14.3 Å². The predicted octanol–water partition coefficient (Wildman–Crippen LogP) is 2.99. The topological polar surface area (TPSA) is 76.2 Å². The van der Waals surface area contributed by atoms with Gasteiger partial charge in [0, 0.05) is 16.6 Å². The molecule has 0 fully saturated rings. The molecule has 0 spiro atoms. The van der Waals surface area contributed by atoms with Crippen LogP contribution in [0.5, 0.6) is 0 Å². The molecule has 0 aliphatic carbocycles. The van der Waals surface area contributed by atoms with Crippen LogP contribution in [0.4, 0.5) is 10.1 Å². The van der Waals surface area contributed by atoms with Crippen LogP contribution in [-0.4, -0.2) is 16.1 Å². The smallest absolute Gasteiger partial charge is 0.355 e. The summed E-state index contributed by atoms with van der Waals surface area (Å²) in [7, 11) is 0. The number of carboxylic acids is 1. The lowest BCUT2D eigenvalue weighted by atomic mass is 10.2. The third kappa shape index (κ3) is 2.29. The van der Waals surface area contributed by atoms with Crippen LogP contribution in [0.1, 0.15) is 10.5 Å². The molecular weight excluding hydrogens is 311 g/mol. The molecule has 1 aromatic carbocycles. The number of carbonyl (C=O) groups is 1. The third-order valence-electron chi connectivity index (χ3n) is 2.00. The van der Waals surface area contributed by atoms with E-state index in [0.717, 1.165) is 11.3 Å². The van der Waals surface area contributed by atoms with Gasteiger partial charge in [0.05, 0.1) is 4.47 Å². The Kier molecular flexibility index (Phi) is 3.12. The van der Waals surface area contributed by atoms with Gasteiger partial charge in [0.25, 0.3) is 0 Å². The summed E-state index contributed by atoms with van der Waals surface area (Å²) in [4.78, 5) is 14.5. The van der Waals surface area contributed by atoms with Crippen LogP contribution >= 0.6 is 27.3 Å². The van der Waals surface area contributed by atoms with Crippen LogP contribution in [-0.2, 0) is 0 Å². The second-order valence-corrected chi connectivity index (χ2v) is 4.92. The standard InChI is InChI=1S/C10H6BrFN2O2S/c11-6-2-4(13)1-5(8(6)12)9-14-7(3-17-9)10(15)16/h1-3H,13H2,(H,15,16). The SMILES string of the molecule is Nc1cc(Br)c(F)c(-c2nc(C(=O)O)cs2)c1. The van der Waals surface area contributed by atoms with E-state index in [-0.39, 0.29) is 20.7 Å². The van der Waals surface area contributed by atoms with E-state index in [1.54, 1.807) is 0 Å². The molecule has 0 aliphatic heterocycles.